The minimum atomic E-state index is -0.990. The van der Waals surface area contributed by atoms with Crippen molar-refractivity contribution in [2.45, 2.75) is 19.6 Å². The normalized spacial score (nSPS) is 10.9. The molecule has 11 rings (SSSR count). The van der Waals surface area contributed by atoms with E-state index in [9.17, 15) is 26.7 Å². The van der Waals surface area contributed by atoms with Crippen molar-refractivity contribution in [2.75, 3.05) is 0 Å². The zero-order valence-corrected chi connectivity index (χ0v) is 38.0. The second-order valence-corrected chi connectivity index (χ2v) is 15.7. The van der Waals surface area contributed by atoms with Gasteiger partial charge in [-0.15, -0.1) is 0 Å². The summed E-state index contributed by atoms with van der Waals surface area (Å²) >= 11 is 5.72. The highest BCUT2D eigenvalue weighted by Crippen LogP contribution is 2.27. The zero-order chi connectivity index (χ0) is 51.0. The van der Waals surface area contributed by atoms with Crippen molar-refractivity contribution in [1.82, 2.24) is 64.7 Å². The third-order valence-corrected chi connectivity index (χ3v) is 10.7. The Hall–Kier alpha value is -9.71. The second kappa shape index (κ2) is 21.5. The summed E-state index contributed by atoms with van der Waals surface area (Å²) in [6.45, 7) is 0.492. The van der Waals surface area contributed by atoms with Crippen molar-refractivity contribution in [1.29, 1.82) is 5.41 Å². The van der Waals surface area contributed by atoms with Crippen LogP contribution in [0.4, 0.5) is 22.0 Å². The SMILES string of the molecule is Fc1ccccc1Cn1nc(-c2ncc(F)c(Cl)n2)cc1-c1ccon1.N=C(N)c1cc(-c2ccon2)n(Cc2ccccc2F)n1.O=c1[nH]c(-c2cc(-c3ccon3)n(Cc3ccccc3F)n2)ncc1F. The molecule has 0 bridgehead atoms. The summed E-state index contributed by atoms with van der Waals surface area (Å²) in [5, 5.41) is 31.8. The van der Waals surface area contributed by atoms with Gasteiger partial charge in [0.15, 0.2) is 22.6 Å². The van der Waals surface area contributed by atoms with Gasteiger partial charge in [0.25, 0.3) is 5.56 Å². The number of nitrogens with one attached hydrogen (secondary N) is 2. The summed E-state index contributed by atoms with van der Waals surface area (Å²) in [5.41, 5.74) is 10.1. The van der Waals surface area contributed by atoms with E-state index in [1.54, 1.807) is 100 Å². The van der Waals surface area contributed by atoms with Crippen LogP contribution in [0.15, 0.2) is 159 Å². The van der Waals surface area contributed by atoms with Crippen LogP contribution in [0.3, 0.4) is 0 Å². The number of nitrogens with two attached hydrogens (primary N) is 1. The van der Waals surface area contributed by atoms with E-state index in [1.807, 2.05) is 0 Å². The van der Waals surface area contributed by atoms with Crippen LogP contribution in [0.25, 0.3) is 57.2 Å². The number of hydrogen-bond acceptors (Lipinski definition) is 14. The lowest BCUT2D eigenvalue weighted by molar-refractivity contribution is 0.421. The lowest BCUT2D eigenvalue weighted by atomic mass is 10.2. The molecule has 0 aliphatic carbocycles. The van der Waals surface area contributed by atoms with E-state index in [0.29, 0.717) is 62.2 Å². The molecule has 0 radical (unpaired) electrons. The average molecular weight is 1010 g/mol. The molecule has 3 aromatic carbocycles. The van der Waals surface area contributed by atoms with Gasteiger partial charge in [-0.2, -0.15) is 19.7 Å². The molecule has 8 heterocycles. The van der Waals surface area contributed by atoms with E-state index < -0.39 is 17.2 Å². The van der Waals surface area contributed by atoms with Crippen molar-refractivity contribution in [3.05, 3.63) is 207 Å². The molecule has 8 aromatic heterocycles. The van der Waals surface area contributed by atoms with Gasteiger partial charge >= 0.3 is 0 Å². The molecule has 73 heavy (non-hydrogen) atoms. The smallest absolute Gasteiger partial charge is 0.287 e. The van der Waals surface area contributed by atoms with Crippen LogP contribution in [0.5, 0.6) is 0 Å². The fraction of sp³-hybridized carbons (Fsp3) is 0.0625. The quantitative estimate of drug-likeness (QED) is 0.0449. The highest BCUT2D eigenvalue weighted by molar-refractivity contribution is 6.29. The third-order valence-electron chi connectivity index (χ3n) is 10.5. The number of nitrogen functional groups attached to an aromatic ring is 1. The lowest BCUT2D eigenvalue weighted by Gasteiger charge is -2.06. The van der Waals surface area contributed by atoms with Crippen LogP contribution in [-0.2, 0) is 19.6 Å². The molecule has 0 fully saturated rings. The minimum absolute atomic E-state index is 0.0911. The van der Waals surface area contributed by atoms with E-state index in [2.05, 4.69) is 50.7 Å². The Morgan fingerprint density at radius 1 is 0.562 bits per heavy atom. The Kier molecular flexibility index (Phi) is 14.2. The summed E-state index contributed by atoms with van der Waals surface area (Å²) < 4.78 is 87.4. The van der Waals surface area contributed by atoms with Gasteiger partial charge in [0.1, 0.15) is 76.2 Å². The second-order valence-electron chi connectivity index (χ2n) is 15.3. The molecule has 366 valence electrons. The molecule has 0 saturated carbocycles. The van der Waals surface area contributed by atoms with Crippen LogP contribution in [0, 0.1) is 34.5 Å². The molecule has 0 aliphatic heterocycles. The monoisotopic (exact) mass is 1010 g/mol. The van der Waals surface area contributed by atoms with E-state index in [-0.39, 0.29) is 65.4 Å². The first-order valence-corrected chi connectivity index (χ1v) is 21.7. The predicted octanol–water partition coefficient (Wildman–Crippen LogP) is 8.60. The Bertz CT molecular complexity index is 3730. The first-order valence-electron chi connectivity index (χ1n) is 21.3. The fourth-order valence-corrected chi connectivity index (χ4v) is 7.09. The van der Waals surface area contributed by atoms with E-state index in [1.165, 1.54) is 41.7 Å². The molecular weight excluding hydrogens is 981 g/mol. The average Bonchev–Trinajstić information content (AvgIpc) is 4.25. The molecule has 0 saturated heterocycles. The standard InChI is InChI=1S/C17H10ClF2N5O.C17H11F2N5O2.C14H12FN5O/c18-16-12(20)8-21-17(22-16)14-7-15(13-5-6-26-24-13)25(23-14)9-10-3-1-2-4-11(10)19;18-11-4-2-1-3-10(11)9-24-15(13-5-6-26-23-13)7-14(22-24)16-20-8-12(19)17(25)21-16;15-10-4-2-1-3-9(10)8-20-13(11-5-6-21-19-11)7-12(18-20)14(16)17/h1-8H,9H2;1-8H,9H2,(H,20,21,25);1-7H,8H2,(H3,16,17). The molecule has 0 amide bonds. The Balaban J connectivity index is 0.000000136. The molecule has 19 nitrogen and oxygen atoms in total. The lowest BCUT2D eigenvalue weighted by Crippen LogP contribution is -2.13. The molecule has 0 spiro atoms. The fourth-order valence-electron chi connectivity index (χ4n) is 6.96. The van der Waals surface area contributed by atoms with Crippen molar-refractivity contribution in [2.24, 2.45) is 5.73 Å². The van der Waals surface area contributed by atoms with Crippen LogP contribution in [0.1, 0.15) is 22.4 Å². The number of rotatable bonds is 12. The topological polar surface area (TPSA) is 253 Å². The van der Waals surface area contributed by atoms with E-state index >= 15 is 0 Å². The highest BCUT2D eigenvalue weighted by Gasteiger charge is 2.20. The van der Waals surface area contributed by atoms with Crippen molar-refractivity contribution >= 4 is 17.4 Å². The number of aromatic amines is 1. The number of nitrogens with zero attached hydrogens (tertiary/aromatic N) is 12. The number of benzene rings is 3. The minimum Gasteiger partial charge on any atom is -0.382 e. The number of H-pyrrole nitrogens is 1. The van der Waals surface area contributed by atoms with Gasteiger partial charge in [-0.25, -0.2) is 32.5 Å². The van der Waals surface area contributed by atoms with Crippen LogP contribution in [-0.4, -0.2) is 70.6 Å². The third kappa shape index (κ3) is 11.2. The maximum absolute atomic E-state index is 14.0. The summed E-state index contributed by atoms with van der Waals surface area (Å²) in [6.07, 6.45) is 6.04. The zero-order valence-electron chi connectivity index (χ0n) is 37.2. The number of amidine groups is 1. The van der Waals surface area contributed by atoms with Gasteiger partial charge in [0, 0.05) is 34.9 Å². The van der Waals surface area contributed by atoms with Crippen molar-refractivity contribution in [3.8, 4) is 57.2 Å². The largest absolute Gasteiger partial charge is 0.382 e. The molecule has 0 atom stereocenters. The highest BCUT2D eigenvalue weighted by atomic mass is 35.5. The van der Waals surface area contributed by atoms with Crippen molar-refractivity contribution < 1.29 is 35.5 Å². The van der Waals surface area contributed by atoms with E-state index in [0.717, 1.165) is 12.4 Å². The maximum atomic E-state index is 14.0. The number of halogens is 6. The van der Waals surface area contributed by atoms with Gasteiger partial charge in [-0.1, -0.05) is 81.7 Å². The first-order chi connectivity index (χ1) is 35.4. The van der Waals surface area contributed by atoms with E-state index in [4.69, 9.17) is 36.3 Å². The number of hydrogen-bond donors (Lipinski definition) is 3. The molecule has 0 aliphatic rings. The predicted molar refractivity (Wildman–Crippen MR) is 250 cm³/mol. The molecule has 11 aromatic rings. The van der Waals surface area contributed by atoms with Gasteiger partial charge < -0.3 is 24.3 Å². The summed E-state index contributed by atoms with van der Waals surface area (Å²) in [7, 11) is 0. The number of aromatic nitrogens is 13. The summed E-state index contributed by atoms with van der Waals surface area (Å²) in [4.78, 5) is 25.4. The van der Waals surface area contributed by atoms with Gasteiger partial charge in [0.05, 0.1) is 49.1 Å². The molecule has 4 N–H and O–H groups in total. The van der Waals surface area contributed by atoms with Crippen LogP contribution in [0.2, 0.25) is 5.15 Å². The summed E-state index contributed by atoms with van der Waals surface area (Å²) in [5.74, 6) is -2.67. The van der Waals surface area contributed by atoms with Gasteiger partial charge in [-0.3, -0.25) is 24.2 Å². The molecule has 25 heteroatoms. The first kappa shape index (κ1) is 48.3. The van der Waals surface area contributed by atoms with Crippen LogP contribution >= 0.6 is 11.6 Å². The van der Waals surface area contributed by atoms with Crippen LogP contribution < -0.4 is 11.3 Å². The Morgan fingerprint density at radius 2 is 1.00 bits per heavy atom. The Morgan fingerprint density at radius 3 is 1.44 bits per heavy atom. The van der Waals surface area contributed by atoms with Crippen molar-refractivity contribution in [3.63, 3.8) is 0 Å². The molecular formula is C48H33ClF5N15O4. The summed E-state index contributed by atoms with van der Waals surface area (Å²) in [6, 6.07) is 29.0. The molecule has 0 unspecified atom stereocenters. The maximum Gasteiger partial charge on any atom is 0.287 e. The van der Waals surface area contributed by atoms with Gasteiger partial charge in [-0.05, 0) is 36.4 Å². The Labute approximate surface area is 411 Å². The van der Waals surface area contributed by atoms with Gasteiger partial charge in [0.2, 0.25) is 5.82 Å².